The second-order valence-electron chi connectivity index (χ2n) is 9.55. The Balaban J connectivity index is 1.37. The zero-order valence-electron chi connectivity index (χ0n) is 22.0. The van der Waals surface area contributed by atoms with Crippen molar-refractivity contribution in [2.45, 2.75) is 71.1 Å². The highest BCUT2D eigenvalue weighted by molar-refractivity contribution is 7.80. The minimum absolute atomic E-state index is 0.0321. The molecule has 0 heterocycles. The fourth-order valence-electron chi connectivity index (χ4n) is 4.30. The predicted molar refractivity (Wildman–Crippen MR) is 153 cm³/mol. The van der Waals surface area contributed by atoms with E-state index in [0.717, 1.165) is 38.5 Å². The molecular formula is C29H38N4O4S. The second kappa shape index (κ2) is 15.7. The fourth-order valence-corrected chi connectivity index (χ4v) is 4.45. The molecule has 3 rings (SSSR count). The number of carbonyl (C=O) groups is 3. The van der Waals surface area contributed by atoms with Gasteiger partial charge in [0, 0.05) is 22.7 Å². The van der Waals surface area contributed by atoms with Crippen LogP contribution in [0, 0.1) is 5.92 Å². The number of hydrazine groups is 1. The van der Waals surface area contributed by atoms with Gasteiger partial charge in [-0.2, -0.15) is 0 Å². The molecule has 1 saturated carbocycles. The van der Waals surface area contributed by atoms with Crippen LogP contribution in [0.25, 0.3) is 0 Å². The molecule has 0 aliphatic heterocycles. The van der Waals surface area contributed by atoms with Crippen LogP contribution in [0.5, 0.6) is 5.75 Å². The molecule has 0 saturated heterocycles. The number of unbranched alkanes of at least 4 members (excludes halogenated alkanes) is 4. The minimum atomic E-state index is -0.428. The van der Waals surface area contributed by atoms with Gasteiger partial charge in [0.25, 0.3) is 11.8 Å². The normalized spacial score (nSPS) is 13.3. The van der Waals surface area contributed by atoms with E-state index in [9.17, 15) is 14.4 Å². The number of anilines is 1. The summed E-state index contributed by atoms with van der Waals surface area (Å²) in [5, 5.41) is 5.42. The molecule has 1 aliphatic rings. The lowest BCUT2D eigenvalue weighted by Crippen LogP contribution is -2.48. The van der Waals surface area contributed by atoms with Crippen molar-refractivity contribution in [1.82, 2.24) is 16.2 Å². The monoisotopic (exact) mass is 538 g/mol. The first-order valence-electron chi connectivity index (χ1n) is 13.5. The molecule has 3 amide bonds. The summed E-state index contributed by atoms with van der Waals surface area (Å²) in [4.78, 5) is 37.3. The van der Waals surface area contributed by atoms with Crippen molar-refractivity contribution in [3.8, 4) is 5.75 Å². The number of hydrogen-bond acceptors (Lipinski definition) is 5. The molecule has 0 radical (unpaired) electrons. The lowest BCUT2D eigenvalue weighted by Gasteiger charge is -2.20. The van der Waals surface area contributed by atoms with Gasteiger partial charge in [-0.15, -0.1) is 0 Å². The van der Waals surface area contributed by atoms with Crippen LogP contribution >= 0.6 is 12.2 Å². The Labute approximate surface area is 230 Å². The summed E-state index contributed by atoms with van der Waals surface area (Å²) < 4.78 is 5.72. The van der Waals surface area contributed by atoms with Gasteiger partial charge in [0.1, 0.15) is 5.75 Å². The molecule has 0 aromatic heterocycles. The van der Waals surface area contributed by atoms with Crippen molar-refractivity contribution in [1.29, 1.82) is 0 Å². The van der Waals surface area contributed by atoms with Crippen LogP contribution in [-0.2, 0) is 4.79 Å². The van der Waals surface area contributed by atoms with Crippen LogP contribution in [0.1, 0.15) is 91.8 Å². The van der Waals surface area contributed by atoms with E-state index in [1.165, 1.54) is 25.7 Å². The molecule has 1 aliphatic carbocycles. The standard InChI is InChI=1S/C29H38N4O4S/c1-2-3-4-5-9-20-37-25-18-14-22(15-19-25)27(35)31-29(38)33-32-28(36)23-12-16-24(17-13-23)30-26(34)21-10-7-6-8-11-21/h12-19,21H,2-11,20H2,1H3,(H,30,34)(H,32,36)(H2,31,33,35,38). The van der Waals surface area contributed by atoms with Gasteiger partial charge < -0.3 is 10.1 Å². The molecule has 204 valence electrons. The van der Waals surface area contributed by atoms with Gasteiger partial charge in [-0.25, -0.2) is 0 Å². The molecule has 9 heteroatoms. The quantitative estimate of drug-likeness (QED) is 0.171. The zero-order chi connectivity index (χ0) is 27.2. The molecule has 2 aromatic rings. The Kier molecular flexibility index (Phi) is 12.0. The van der Waals surface area contributed by atoms with Gasteiger partial charge in [0.15, 0.2) is 5.11 Å². The van der Waals surface area contributed by atoms with Crippen LogP contribution in [0.3, 0.4) is 0 Å². The van der Waals surface area contributed by atoms with Crippen LogP contribution in [0.2, 0.25) is 0 Å². The van der Waals surface area contributed by atoms with E-state index in [1.54, 1.807) is 48.5 Å². The van der Waals surface area contributed by atoms with E-state index in [1.807, 2.05) is 0 Å². The maximum absolute atomic E-state index is 12.5. The van der Waals surface area contributed by atoms with Gasteiger partial charge in [-0.1, -0.05) is 51.9 Å². The number of benzene rings is 2. The van der Waals surface area contributed by atoms with Gasteiger partial charge in [0.2, 0.25) is 5.91 Å². The Bertz CT molecular complexity index is 1070. The summed E-state index contributed by atoms with van der Waals surface area (Å²) in [6, 6.07) is 13.4. The first kappa shape index (κ1) is 29.1. The maximum Gasteiger partial charge on any atom is 0.269 e. The van der Waals surface area contributed by atoms with Crippen LogP contribution in [0.4, 0.5) is 5.69 Å². The molecule has 2 aromatic carbocycles. The number of thiocarbonyl (C=S) groups is 1. The highest BCUT2D eigenvalue weighted by Crippen LogP contribution is 2.25. The molecular weight excluding hydrogens is 500 g/mol. The number of hydrogen-bond donors (Lipinski definition) is 4. The van der Waals surface area contributed by atoms with E-state index in [2.05, 4.69) is 28.4 Å². The molecule has 0 bridgehead atoms. The van der Waals surface area contributed by atoms with Gasteiger partial charge >= 0.3 is 0 Å². The zero-order valence-corrected chi connectivity index (χ0v) is 22.8. The van der Waals surface area contributed by atoms with Crippen molar-refractivity contribution in [2.75, 3.05) is 11.9 Å². The van der Waals surface area contributed by atoms with Crippen LogP contribution < -0.4 is 26.2 Å². The molecule has 38 heavy (non-hydrogen) atoms. The van der Waals surface area contributed by atoms with Crippen molar-refractivity contribution >= 4 is 40.7 Å². The summed E-state index contributed by atoms with van der Waals surface area (Å²) in [5.74, 6) is -0.0263. The summed E-state index contributed by atoms with van der Waals surface area (Å²) >= 11 is 5.13. The third-order valence-corrected chi connectivity index (χ3v) is 6.74. The maximum atomic E-state index is 12.5. The summed E-state index contributed by atoms with van der Waals surface area (Å²) in [6.45, 7) is 2.84. The number of rotatable bonds is 11. The average Bonchev–Trinajstić information content (AvgIpc) is 2.94. The average molecular weight is 539 g/mol. The number of amides is 3. The van der Waals surface area contributed by atoms with Gasteiger partial charge in [0.05, 0.1) is 6.61 Å². The SMILES string of the molecule is CCCCCCCOc1ccc(C(=O)NC(=S)NNC(=O)c2ccc(NC(=O)C3CCCCC3)cc2)cc1. The van der Waals surface area contributed by atoms with Gasteiger partial charge in [-0.05, 0) is 80.0 Å². The van der Waals surface area contributed by atoms with Crippen molar-refractivity contribution < 1.29 is 19.1 Å². The third kappa shape index (κ3) is 9.78. The predicted octanol–water partition coefficient (Wildman–Crippen LogP) is 5.50. The van der Waals surface area contributed by atoms with E-state index < -0.39 is 11.8 Å². The lowest BCUT2D eigenvalue weighted by atomic mass is 9.88. The fraction of sp³-hybridized carbons (Fsp3) is 0.448. The Morgan fingerprint density at radius 1 is 0.816 bits per heavy atom. The number of ether oxygens (including phenoxy) is 1. The van der Waals surface area contributed by atoms with Crippen LogP contribution in [-0.4, -0.2) is 29.4 Å². The number of carbonyl (C=O) groups excluding carboxylic acids is 3. The van der Waals surface area contributed by atoms with Crippen molar-refractivity contribution in [2.24, 2.45) is 5.92 Å². The van der Waals surface area contributed by atoms with Crippen molar-refractivity contribution in [3.63, 3.8) is 0 Å². The molecule has 0 atom stereocenters. The van der Waals surface area contributed by atoms with E-state index in [-0.39, 0.29) is 16.9 Å². The topological polar surface area (TPSA) is 109 Å². The molecule has 8 nitrogen and oxygen atoms in total. The summed E-state index contributed by atoms with van der Waals surface area (Å²) in [6.07, 6.45) is 11.1. The highest BCUT2D eigenvalue weighted by Gasteiger charge is 2.21. The molecule has 0 spiro atoms. The van der Waals surface area contributed by atoms with E-state index in [0.29, 0.717) is 29.2 Å². The Hall–Kier alpha value is -3.46. The highest BCUT2D eigenvalue weighted by atomic mass is 32.1. The van der Waals surface area contributed by atoms with Crippen LogP contribution in [0.15, 0.2) is 48.5 Å². The largest absolute Gasteiger partial charge is 0.494 e. The Morgan fingerprint density at radius 2 is 1.45 bits per heavy atom. The Morgan fingerprint density at radius 3 is 2.13 bits per heavy atom. The van der Waals surface area contributed by atoms with E-state index >= 15 is 0 Å². The smallest absolute Gasteiger partial charge is 0.269 e. The summed E-state index contributed by atoms with van der Waals surface area (Å²) in [7, 11) is 0. The third-order valence-electron chi connectivity index (χ3n) is 6.54. The first-order chi connectivity index (χ1) is 18.5. The van der Waals surface area contributed by atoms with Gasteiger partial charge in [-0.3, -0.25) is 30.6 Å². The summed E-state index contributed by atoms with van der Waals surface area (Å²) in [5.41, 5.74) is 6.45. The number of nitrogens with one attached hydrogen (secondary N) is 4. The molecule has 4 N–H and O–H groups in total. The van der Waals surface area contributed by atoms with Crippen molar-refractivity contribution in [3.05, 3.63) is 59.7 Å². The molecule has 0 unspecified atom stereocenters. The lowest BCUT2D eigenvalue weighted by molar-refractivity contribution is -0.120. The second-order valence-corrected chi connectivity index (χ2v) is 9.96. The van der Waals surface area contributed by atoms with E-state index in [4.69, 9.17) is 17.0 Å². The first-order valence-corrected chi connectivity index (χ1v) is 13.9. The molecule has 1 fully saturated rings. The minimum Gasteiger partial charge on any atom is -0.494 e.